The molecule has 0 saturated heterocycles. The van der Waals surface area contributed by atoms with Gasteiger partial charge in [-0.2, -0.15) is 0 Å². The lowest BCUT2D eigenvalue weighted by molar-refractivity contribution is 1.19. The number of hydrogen-bond donors (Lipinski definition) is 0. The Bertz CT molecular complexity index is 3580. The summed E-state index contributed by atoms with van der Waals surface area (Å²) >= 11 is 1.87. The Labute approximate surface area is 346 Å². The zero-order valence-electron chi connectivity index (χ0n) is 32.1. The Morgan fingerprint density at radius 1 is 0.339 bits per heavy atom. The molecule has 0 amide bonds. The van der Waals surface area contributed by atoms with Gasteiger partial charge in [-0.1, -0.05) is 158 Å². The maximum Gasteiger partial charge on any atom is 0.0547 e. The normalized spacial score (nSPS) is 11.7. The van der Waals surface area contributed by atoms with Crippen LogP contribution in [0.3, 0.4) is 0 Å². The van der Waals surface area contributed by atoms with E-state index in [0.717, 1.165) is 17.1 Å². The van der Waals surface area contributed by atoms with Crippen LogP contribution in [-0.4, -0.2) is 4.57 Å². The summed E-state index contributed by atoms with van der Waals surface area (Å²) in [5.41, 5.74) is 11.7. The van der Waals surface area contributed by atoms with Crippen molar-refractivity contribution >= 4 is 91.9 Å². The fourth-order valence-electron chi connectivity index (χ4n) is 9.22. The summed E-state index contributed by atoms with van der Waals surface area (Å²) in [6.45, 7) is 0. The second-order valence-corrected chi connectivity index (χ2v) is 16.4. The van der Waals surface area contributed by atoms with Gasteiger partial charge in [-0.3, -0.25) is 0 Å². The SMILES string of the molecule is c1cc(-c2ccccc2-c2ccc3c4ccccc4n(-c4ccc5c(c4)sc4ccccc45)c3c2)cc(N(c2ccc3ccccc3c2)c2cccc3ccccc23)c1. The molecule has 0 fully saturated rings. The molecule has 0 unspecified atom stereocenters. The molecule has 0 aliphatic rings. The highest BCUT2D eigenvalue weighted by Crippen LogP contribution is 2.44. The molecular formula is C56H36N2S. The summed E-state index contributed by atoms with van der Waals surface area (Å²) in [6.07, 6.45) is 0. The Balaban J connectivity index is 1.02. The van der Waals surface area contributed by atoms with Crippen LogP contribution in [0.1, 0.15) is 0 Å². The molecule has 2 nitrogen and oxygen atoms in total. The molecule has 2 heterocycles. The van der Waals surface area contributed by atoms with Gasteiger partial charge in [-0.25, -0.2) is 0 Å². The van der Waals surface area contributed by atoms with Gasteiger partial charge in [0, 0.05) is 53.4 Å². The zero-order valence-corrected chi connectivity index (χ0v) is 32.9. The van der Waals surface area contributed by atoms with E-state index in [4.69, 9.17) is 0 Å². The van der Waals surface area contributed by atoms with Crippen LogP contribution in [0.4, 0.5) is 17.1 Å². The van der Waals surface area contributed by atoms with Crippen LogP contribution in [0.2, 0.25) is 0 Å². The minimum absolute atomic E-state index is 1.11. The van der Waals surface area contributed by atoms with Crippen molar-refractivity contribution in [3.8, 4) is 27.9 Å². The average molecular weight is 769 g/mol. The first-order valence-electron chi connectivity index (χ1n) is 20.2. The van der Waals surface area contributed by atoms with Gasteiger partial charge < -0.3 is 9.47 Å². The highest BCUT2D eigenvalue weighted by atomic mass is 32.1. The molecule has 0 atom stereocenters. The van der Waals surface area contributed by atoms with E-state index >= 15 is 0 Å². The van der Waals surface area contributed by atoms with Crippen molar-refractivity contribution in [3.05, 3.63) is 218 Å². The molecule has 59 heavy (non-hydrogen) atoms. The van der Waals surface area contributed by atoms with E-state index in [-0.39, 0.29) is 0 Å². The van der Waals surface area contributed by atoms with Gasteiger partial charge in [0.2, 0.25) is 0 Å². The molecule has 0 radical (unpaired) electrons. The van der Waals surface area contributed by atoms with E-state index < -0.39 is 0 Å². The Hall–Kier alpha value is -7.46. The van der Waals surface area contributed by atoms with Gasteiger partial charge in [0.05, 0.1) is 16.7 Å². The predicted molar refractivity (Wildman–Crippen MR) is 254 cm³/mol. The first-order valence-corrected chi connectivity index (χ1v) is 21.0. The third-order valence-corrected chi connectivity index (χ3v) is 13.1. The van der Waals surface area contributed by atoms with Crippen LogP contribution in [0.25, 0.3) is 91.5 Å². The van der Waals surface area contributed by atoms with E-state index in [9.17, 15) is 0 Å². The molecule has 0 aliphatic heterocycles. The molecule has 2 aromatic heterocycles. The molecule has 12 aromatic rings. The number of hydrogen-bond acceptors (Lipinski definition) is 2. The van der Waals surface area contributed by atoms with Crippen LogP contribution in [0, 0.1) is 0 Å². The maximum absolute atomic E-state index is 2.45. The third-order valence-electron chi connectivity index (χ3n) is 11.9. The molecule has 0 N–H and O–H groups in total. The van der Waals surface area contributed by atoms with Crippen LogP contribution >= 0.6 is 11.3 Å². The first kappa shape index (κ1) is 33.7. The summed E-state index contributed by atoms with van der Waals surface area (Å²) in [5, 5.41) is 10.0. The predicted octanol–water partition coefficient (Wildman–Crippen LogP) is 16.3. The summed E-state index contributed by atoms with van der Waals surface area (Å²) in [4.78, 5) is 2.42. The molecule has 3 heteroatoms. The minimum atomic E-state index is 1.11. The number of anilines is 3. The van der Waals surface area contributed by atoms with Gasteiger partial charge in [-0.15, -0.1) is 11.3 Å². The summed E-state index contributed by atoms with van der Waals surface area (Å²) in [5.74, 6) is 0. The van der Waals surface area contributed by atoms with Gasteiger partial charge in [0.15, 0.2) is 0 Å². The van der Waals surface area contributed by atoms with Crippen molar-refractivity contribution in [1.29, 1.82) is 0 Å². The summed E-state index contributed by atoms with van der Waals surface area (Å²) in [6, 6.07) is 80.1. The lowest BCUT2D eigenvalue weighted by atomic mass is 9.93. The van der Waals surface area contributed by atoms with Crippen molar-refractivity contribution in [2.75, 3.05) is 4.90 Å². The highest BCUT2D eigenvalue weighted by Gasteiger charge is 2.19. The Kier molecular flexibility index (Phi) is 7.75. The minimum Gasteiger partial charge on any atom is -0.310 e. The van der Waals surface area contributed by atoms with E-state index in [0.29, 0.717) is 0 Å². The van der Waals surface area contributed by atoms with E-state index in [2.05, 4.69) is 228 Å². The first-order chi connectivity index (χ1) is 29.2. The zero-order chi connectivity index (χ0) is 38.9. The number of fused-ring (bicyclic) bond motifs is 8. The largest absolute Gasteiger partial charge is 0.310 e. The number of aromatic nitrogens is 1. The van der Waals surface area contributed by atoms with Crippen LogP contribution in [0.5, 0.6) is 0 Å². The molecule has 0 bridgehead atoms. The van der Waals surface area contributed by atoms with Crippen LogP contribution in [0.15, 0.2) is 218 Å². The van der Waals surface area contributed by atoms with Crippen LogP contribution < -0.4 is 4.90 Å². The number of nitrogens with zero attached hydrogens (tertiary/aromatic N) is 2. The molecule has 0 saturated carbocycles. The highest BCUT2D eigenvalue weighted by molar-refractivity contribution is 7.25. The number of rotatable bonds is 6. The van der Waals surface area contributed by atoms with E-state index in [1.165, 1.54) is 91.5 Å². The molecule has 12 rings (SSSR count). The lowest BCUT2D eigenvalue weighted by Gasteiger charge is -2.28. The van der Waals surface area contributed by atoms with Crippen molar-refractivity contribution in [1.82, 2.24) is 4.57 Å². The molecule has 0 spiro atoms. The van der Waals surface area contributed by atoms with Gasteiger partial charge in [0.1, 0.15) is 0 Å². The van der Waals surface area contributed by atoms with Crippen molar-refractivity contribution in [2.24, 2.45) is 0 Å². The quantitative estimate of drug-likeness (QED) is 0.164. The third kappa shape index (κ3) is 5.55. The lowest BCUT2D eigenvalue weighted by Crippen LogP contribution is -2.10. The fourth-order valence-corrected chi connectivity index (χ4v) is 10.4. The van der Waals surface area contributed by atoms with E-state index in [1.54, 1.807) is 0 Å². The smallest absolute Gasteiger partial charge is 0.0547 e. The second kappa shape index (κ2) is 13.6. The van der Waals surface area contributed by atoms with Gasteiger partial charge in [-0.05, 0) is 99.1 Å². The molecular weight excluding hydrogens is 733 g/mol. The number of thiophene rings is 1. The second-order valence-electron chi connectivity index (χ2n) is 15.3. The van der Waals surface area contributed by atoms with E-state index in [1.807, 2.05) is 11.3 Å². The van der Waals surface area contributed by atoms with Crippen molar-refractivity contribution in [3.63, 3.8) is 0 Å². The van der Waals surface area contributed by atoms with Crippen molar-refractivity contribution < 1.29 is 0 Å². The summed E-state index contributed by atoms with van der Waals surface area (Å²) < 4.78 is 5.08. The number of para-hydroxylation sites is 1. The Morgan fingerprint density at radius 3 is 1.85 bits per heavy atom. The number of benzene rings is 10. The van der Waals surface area contributed by atoms with Gasteiger partial charge >= 0.3 is 0 Å². The summed E-state index contributed by atoms with van der Waals surface area (Å²) in [7, 11) is 0. The topological polar surface area (TPSA) is 8.17 Å². The molecule has 0 aliphatic carbocycles. The average Bonchev–Trinajstić information content (AvgIpc) is 3.84. The molecule has 10 aromatic carbocycles. The van der Waals surface area contributed by atoms with Crippen molar-refractivity contribution in [2.45, 2.75) is 0 Å². The van der Waals surface area contributed by atoms with Gasteiger partial charge in [0.25, 0.3) is 0 Å². The maximum atomic E-state index is 2.45. The molecule has 276 valence electrons. The standard InChI is InChI=1S/C56H36N2S/c1-2-15-39-33-43(29-27-37(39)13-1)57(52-25-12-16-38-14-3-4-21-47(38)52)42-18-11-17-40(34-42)45-19-5-6-20-46(45)41-28-31-49-48-22-7-9-24-53(48)58(54(49)35-41)44-30-32-51-50-23-8-10-26-55(50)59-56(51)36-44/h1-36H. The monoisotopic (exact) mass is 768 g/mol. The van der Waals surface area contributed by atoms with Crippen LogP contribution in [-0.2, 0) is 0 Å². The fraction of sp³-hybridized carbons (Fsp3) is 0. The Morgan fingerprint density at radius 2 is 0.966 bits per heavy atom.